The minimum absolute atomic E-state index is 0.346. The molecule has 0 heterocycles. The fourth-order valence-electron chi connectivity index (χ4n) is 5.90. The van der Waals surface area contributed by atoms with Gasteiger partial charge in [-0.1, -0.05) is 131 Å². The van der Waals surface area contributed by atoms with E-state index in [2.05, 4.69) is 72.3 Å². The van der Waals surface area contributed by atoms with Crippen molar-refractivity contribution in [2.24, 2.45) is 10.8 Å². The third-order valence-electron chi connectivity index (χ3n) is 8.73. The molecular formula is C35H71NOS. The van der Waals surface area contributed by atoms with Crippen LogP contribution in [0.25, 0.3) is 0 Å². The maximum Gasteiger partial charge on any atom is 0.134 e. The van der Waals surface area contributed by atoms with E-state index in [-0.39, 0.29) is 0 Å². The van der Waals surface area contributed by atoms with Crippen LogP contribution >= 0.6 is 11.8 Å². The molecule has 3 heteroatoms. The Balaban J connectivity index is 5.05. The molecule has 0 aromatic rings. The van der Waals surface area contributed by atoms with Crippen molar-refractivity contribution in [2.75, 3.05) is 26.4 Å². The first-order valence-corrected chi connectivity index (χ1v) is 18.0. The van der Waals surface area contributed by atoms with Crippen LogP contribution in [0.15, 0.2) is 0 Å². The second-order valence-corrected chi connectivity index (χ2v) is 14.9. The van der Waals surface area contributed by atoms with E-state index in [1.54, 1.807) is 0 Å². The monoisotopic (exact) mass is 554 g/mol. The van der Waals surface area contributed by atoms with Crippen molar-refractivity contribution in [3.8, 4) is 0 Å². The van der Waals surface area contributed by atoms with Crippen molar-refractivity contribution >= 4 is 17.5 Å². The van der Waals surface area contributed by atoms with Crippen molar-refractivity contribution in [1.82, 2.24) is 4.90 Å². The largest absolute Gasteiger partial charge is 0.308 e. The Kier molecular flexibility index (Phi) is 23.6. The van der Waals surface area contributed by atoms with E-state index in [9.17, 15) is 4.79 Å². The van der Waals surface area contributed by atoms with Gasteiger partial charge in [-0.05, 0) is 62.8 Å². The van der Waals surface area contributed by atoms with Crippen LogP contribution in [0.4, 0.5) is 0 Å². The van der Waals surface area contributed by atoms with Gasteiger partial charge in [0.05, 0.1) is 0 Å². The van der Waals surface area contributed by atoms with Crippen LogP contribution in [-0.4, -0.2) is 42.3 Å². The predicted molar refractivity (Wildman–Crippen MR) is 176 cm³/mol. The molecule has 0 radical (unpaired) electrons. The molecule has 38 heavy (non-hydrogen) atoms. The predicted octanol–water partition coefficient (Wildman–Crippen LogP) is 11.5. The zero-order valence-electron chi connectivity index (χ0n) is 27.6. The smallest absolute Gasteiger partial charge is 0.134 e. The molecule has 0 aliphatic heterocycles. The molecule has 3 atom stereocenters. The second kappa shape index (κ2) is 23.7. The lowest BCUT2D eigenvalue weighted by atomic mass is 9.75. The summed E-state index contributed by atoms with van der Waals surface area (Å²) in [6.07, 6.45) is 26.6. The van der Waals surface area contributed by atoms with E-state index in [1.165, 1.54) is 121 Å². The SMILES string of the molecule is CCCCCCC(C)(CCCCC)CCC(=O)CC(CN(C)C)SCC(C)(CCCCC)CCCCCC. The van der Waals surface area contributed by atoms with E-state index in [0.717, 1.165) is 25.8 Å². The molecule has 0 bridgehead atoms. The number of hydrogen-bond acceptors (Lipinski definition) is 3. The number of ketones is 1. The minimum atomic E-state index is 0.346. The maximum atomic E-state index is 13.3. The summed E-state index contributed by atoms with van der Waals surface area (Å²) in [5, 5.41) is 0.426. The molecule has 0 aromatic heterocycles. The van der Waals surface area contributed by atoms with Crippen LogP contribution < -0.4 is 0 Å². The Morgan fingerprint density at radius 3 is 1.50 bits per heavy atom. The Morgan fingerprint density at radius 2 is 1.05 bits per heavy atom. The number of thioether (sulfide) groups is 1. The summed E-state index contributed by atoms with van der Waals surface area (Å²) in [5.41, 5.74) is 0.761. The standard InChI is InChI=1S/C35H71NOS/c1-9-13-17-21-25-34(5,24-19-15-11-3)28-23-32(37)29-33(30-36(7)8)38-31-35(6,26-20-16-12-4)27-22-18-14-10-2/h33H,9-31H2,1-8H3. The van der Waals surface area contributed by atoms with Crippen molar-refractivity contribution in [1.29, 1.82) is 0 Å². The normalized spacial score (nSPS) is 15.9. The van der Waals surface area contributed by atoms with Gasteiger partial charge >= 0.3 is 0 Å². The summed E-state index contributed by atoms with van der Waals surface area (Å²) in [5.74, 6) is 1.72. The van der Waals surface area contributed by atoms with Gasteiger partial charge < -0.3 is 4.90 Å². The molecule has 0 spiro atoms. The van der Waals surface area contributed by atoms with Gasteiger partial charge in [-0.2, -0.15) is 11.8 Å². The van der Waals surface area contributed by atoms with E-state index in [0.29, 0.717) is 21.9 Å². The molecule has 2 nitrogen and oxygen atoms in total. The zero-order valence-corrected chi connectivity index (χ0v) is 28.4. The average molecular weight is 554 g/mol. The first-order chi connectivity index (χ1) is 18.1. The maximum absolute atomic E-state index is 13.3. The highest BCUT2D eigenvalue weighted by atomic mass is 32.2. The van der Waals surface area contributed by atoms with Crippen molar-refractivity contribution in [3.05, 3.63) is 0 Å². The minimum Gasteiger partial charge on any atom is -0.308 e. The van der Waals surface area contributed by atoms with E-state index >= 15 is 0 Å². The van der Waals surface area contributed by atoms with Crippen LogP contribution in [0.2, 0.25) is 0 Å². The summed E-state index contributed by atoms with van der Waals surface area (Å²) in [6.45, 7) is 15.2. The molecular weight excluding hydrogens is 482 g/mol. The Morgan fingerprint density at radius 1 is 0.632 bits per heavy atom. The zero-order chi connectivity index (χ0) is 28.7. The van der Waals surface area contributed by atoms with E-state index < -0.39 is 0 Å². The number of carbonyl (C=O) groups excluding carboxylic acids is 1. The summed E-state index contributed by atoms with van der Waals surface area (Å²) in [4.78, 5) is 15.6. The Labute approximate surface area is 245 Å². The van der Waals surface area contributed by atoms with E-state index in [4.69, 9.17) is 0 Å². The van der Waals surface area contributed by atoms with Crippen molar-refractivity contribution in [3.63, 3.8) is 0 Å². The summed E-state index contributed by atoms with van der Waals surface area (Å²) >= 11 is 2.11. The molecule has 0 aliphatic rings. The lowest BCUT2D eigenvalue weighted by Crippen LogP contribution is -2.29. The van der Waals surface area contributed by atoms with Crippen LogP contribution in [0.5, 0.6) is 0 Å². The van der Waals surface area contributed by atoms with Crippen LogP contribution in [0.1, 0.15) is 176 Å². The number of Topliss-reactive ketones (excluding diaryl/α,β-unsaturated/α-hetero) is 1. The molecule has 0 amide bonds. The van der Waals surface area contributed by atoms with E-state index in [1.807, 2.05) is 0 Å². The fraction of sp³-hybridized carbons (Fsp3) is 0.971. The molecule has 0 N–H and O–H groups in total. The third-order valence-corrected chi connectivity index (χ3v) is 10.4. The number of unbranched alkanes of at least 4 members (excludes halogenated alkanes) is 10. The highest BCUT2D eigenvalue weighted by Gasteiger charge is 2.28. The van der Waals surface area contributed by atoms with Gasteiger partial charge in [-0.3, -0.25) is 4.79 Å². The first kappa shape index (κ1) is 38.0. The summed E-state index contributed by atoms with van der Waals surface area (Å²) < 4.78 is 0. The average Bonchev–Trinajstić information content (AvgIpc) is 2.87. The topological polar surface area (TPSA) is 20.3 Å². The Bertz CT molecular complexity index is 550. The molecule has 3 unspecified atom stereocenters. The number of nitrogens with zero attached hydrogens (tertiary/aromatic N) is 1. The Hall–Kier alpha value is -0.0200. The molecule has 228 valence electrons. The second-order valence-electron chi connectivity index (χ2n) is 13.6. The molecule has 0 fully saturated rings. The van der Waals surface area contributed by atoms with Crippen LogP contribution in [-0.2, 0) is 4.79 Å². The van der Waals surface area contributed by atoms with Crippen molar-refractivity contribution < 1.29 is 4.79 Å². The first-order valence-electron chi connectivity index (χ1n) is 16.9. The van der Waals surface area contributed by atoms with Crippen LogP contribution in [0.3, 0.4) is 0 Å². The lowest BCUT2D eigenvalue weighted by molar-refractivity contribution is -0.119. The summed E-state index contributed by atoms with van der Waals surface area (Å²) in [6, 6.07) is 0. The molecule has 0 aliphatic carbocycles. The van der Waals surface area contributed by atoms with Gasteiger partial charge in [0, 0.05) is 24.6 Å². The number of hydrogen-bond donors (Lipinski definition) is 0. The number of carbonyl (C=O) groups is 1. The van der Waals surface area contributed by atoms with Crippen molar-refractivity contribution in [2.45, 2.75) is 182 Å². The van der Waals surface area contributed by atoms with Gasteiger partial charge in [-0.15, -0.1) is 0 Å². The highest BCUT2D eigenvalue weighted by molar-refractivity contribution is 8.00. The molecule has 0 saturated heterocycles. The molecule has 0 rings (SSSR count). The van der Waals surface area contributed by atoms with Gasteiger partial charge in [0.15, 0.2) is 0 Å². The van der Waals surface area contributed by atoms with Gasteiger partial charge in [-0.25, -0.2) is 0 Å². The molecule has 0 aromatic carbocycles. The van der Waals surface area contributed by atoms with Gasteiger partial charge in [0.2, 0.25) is 0 Å². The fourth-order valence-corrected chi connectivity index (χ4v) is 7.54. The lowest BCUT2D eigenvalue weighted by Gasteiger charge is -2.32. The van der Waals surface area contributed by atoms with Gasteiger partial charge in [0.25, 0.3) is 0 Å². The quantitative estimate of drug-likeness (QED) is 0.0898. The third kappa shape index (κ3) is 20.8. The van der Waals surface area contributed by atoms with Gasteiger partial charge in [0.1, 0.15) is 5.78 Å². The number of rotatable bonds is 28. The molecule has 0 saturated carbocycles. The summed E-state index contributed by atoms with van der Waals surface area (Å²) in [7, 11) is 4.34. The van der Waals surface area contributed by atoms with Crippen LogP contribution in [0, 0.1) is 10.8 Å². The highest BCUT2D eigenvalue weighted by Crippen LogP contribution is 2.38.